The molecule has 0 amide bonds. The Morgan fingerprint density at radius 1 is 1.07 bits per heavy atom. The van der Waals surface area contributed by atoms with E-state index in [2.05, 4.69) is 23.4 Å². The highest BCUT2D eigenvalue weighted by molar-refractivity contribution is 7.99. The van der Waals surface area contributed by atoms with Crippen LogP contribution in [0.1, 0.15) is 45.4 Å². The number of anilines is 2. The van der Waals surface area contributed by atoms with Crippen LogP contribution in [0.3, 0.4) is 0 Å². The zero-order valence-electron chi connectivity index (χ0n) is 23.4. The van der Waals surface area contributed by atoms with Crippen molar-refractivity contribution in [2.45, 2.75) is 55.4 Å². The third-order valence-electron chi connectivity index (χ3n) is 8.12. The molecule has 1 aliphatic carbocycles. The molecule has 2 aliphatic rings. The summed E-state index contributed by atoms with van der Waals surface area (Å²) in [5, 5.41) is 4.77. The predicted octanol–water partition coefficient (Wildman–Crippen LogP) is 7.77. The molecule has 3 aromatic rings. The summed E-state index contributed by atoms with van der Waals surface area (Å²) >= 11 is 8.35. The molecule has 0 radical (unpaired) electrons. The van der Waals surface area contributed by atoms with Crippen LogP contribution in [0.5, 0.6) is 0 Å². The fourth-order valence-electron chi connectivity index (χ4n) is 5.74. The van der Waals surface area contributed by atoms with Crippen molar-refractivity contribution in [3.63, 3.8) is 0 Å². The van der Waals surface area contributed by atoms with Crippen LogP contribution in [0.25, 0.3) is 0 Å². The summed E-state index contributed by atoms with van der Waals surface area (Å²) in [5.74, 6) is 0.962. The molecule has 1 saturated carbocycles. The molecule has 1 aromatic carbocycles. The van der Waals surface area contributed by atoms with Crippen molar-refractivity contribution in [1.29, 1.82) is 0 Å². The average molecular weight is 573 g/mol. The Balaban J connectivity index is 1.26. The Labute approximate surface area is 246 Å². The van der Waals surface area contributed by atoms with Crippen LogP contribution in [0.15, 0.2) is 106 Å². The van der Waals surface area contributed by atoms with Gasteiger partial charge in [0.25, 0.3) is 0 Å². The zero-order valence-corrected chi connectivity index (χ0v) is 24.9. The SMILES string of the molecule is C=C/C(C(=C)Nc1cccc(Sc2cnc(N3CCC4(CCCC4)CC3)cn2)c1Cl)=C(/C)N=c1ccccn1C. The van der Waals surface area contributed by atoms with Gasteiger partial charge in [-0.05, 0) is 62.3 Å². The number of nitrogens with zero attached hydrogens (tertiary/aromatic N) is 5. The van der Waals surface area contributed by atoms with Gasteiger partial charge < -0.3 is 14.8 Å². The summed E-state index contributed by atoms with van der Waals surface area (Å²) in [6.07, 6.45) is 15.6. The van der Waals surface area contributed by atoms with Crippen LogP contribution >= 0.6 is 23.4 Å². The van der Waals surface area contributed by atoms with Gasteiger partial charge in [-0.2, -0.15) is 0 Å². The van der Waals surface area contributed by atoms with E-state index in [-0.39, 0.29) is 0 Å². The van der Waals surface area contributed by atoms with Gasteiger partial charge in [-0.15, -0.1) is 0 Å². The third kappa shape index (κ3) is 6.37. The molecule has 2 aromatic heterocycles. The summed E-state index contributed by atoms with van der Waals surface area (Å²) in [4.78, 5) is 17.5. The molecule has 1 spiro atoms. The first kappa shape index (κ1) is 28.2. The number of nitrogens with one attached hydrogen (secondary N) is 1. The molecular formula is C32H37ClN6S. The standard InChI is InChI=1S/C32H37ClN6S/c1-5-25(24(3)37-28-13-6-9-18-38(28)4)23(2)36-26-11-10-12-27(31(26)33)40-30-22-34-29(21-35-30)39-19-16-32(17-20-39)14-7-8-15-32/h5-6,9-13,18,21-22,36H,1-2,7-8,14-17,19-20H2,3-4H3/b25-24+,37-28?. The number of rotatable bonds is 8. The van der Waals surface area contributed by atoms with Crippen molar-refractivity contribution in [3.8, 4) is 0 Å². The minimum absolute atomic E-state index is 0.594. The fraction of sp³-hybridized carbons (Fsp3) is 0.344. The van der Waals surface area contributed by atoms with E-state index >= 15 is 0 Å². The van der Waals surface area contributed by atoms with Gasteiger partial charge in [0.2, 0.25) is 0 Å². The molecule has 5 rings (SSSR count). The minimum Gasteiger partial charge on any atom is -0.355 e. The average Bonchev–Trinajstić information content (AvgIpc) is 3.41. The lowest BCUT2D eigenvalue weighted by Gasteiger charge is -2.39. The van der Waals surface area contributed by atoms with E-state index in [9.17, 15) is 0 Å². The third-order valence-corrected chi connectivity index (χ3v) is 9.62. The minimum atomic E-state index is 0.594. The van der Waals surface area contributed by atoms with Gasteiger partial charge in [-0.1, -0.05) is 67.6 Å². The summed E-state index contributed by atoms with van der Waals surface area (Å²) < 4.78 is 1.96. The Bertz CT molecular complexity index is 1470. The largest absolute Gasteiger partial charge is 0.355 e. The smallest absolute Gasteiger partial charge is 0.147 e. The number of hydrogen-bond acceptors (Lipinski definition) is 6. The molecule has 1 N–H and O–H groups in total. The Morgan fingerprint density at radius 2 is 1.85 bits per heavy atom. The normalized spacial score (nSPS) is 17.6. The molecule has 0 bridgehead atoms. The maximum Gasteiger partial charge on any atom is 0.147 e. The first-order valence-electron chi connectivity index (χ1n) is 13.9. The van der Waals surface area contributed by atoms with Gasteiger partial charge in [0.15, 0.2) is 0 Å². The molecule has 0 unspecified atom stereocenters. The Kier molecular flexibility index (Phi) is 8.81. The molecule has 2 fully saturated rings. The number of hydrogen-bond donors (Lipinski definition) is 1. The molecule has 6 nitrogen and oxygen atoms in total. The monoisotopic (exact) mass is 572 g/mol. The van der Waals surface area contributed by atoms with E-state index in [4.69, 9.17) is 26.6 Å². The second-order valence-electron chi connectivity index (χ2n) is 10.7. The highest BCUT2D eigenvalue weighted by atomic mass is 35.5. The molecule has 1 aliphatic heterocycles. The quantitative estimate of drug-likeness (QED) is 0.279. The van der Waals surface area contributed by atoms with Gasteiger partial charge in [-0.25, -0.2) is 15.0 Å². The van der Waals surface area contributed by atoms with Crippen molar-refractivity contribution in [2.24, 2.45) is 17.5 Å². The Hall–Kier alpha value is -3.29. The Morgan fingerprint density at radius 3 is 2.52 bits per heavy atom. The van der Waals surface area contributed by atoms with Crippen molar-refractivity contribution in [2.75, 3.05) is 23.3 Å². The maximum atomic E-state index is 6.84. The van der Waals surface area contributed by atoms with Gasteiger partial charge in [0.05, 0.1) is 23.1 Å². The second kappa shape index (κ2) is 12.5. The summed E-state index contributed by atoms with van der Waals surface area (Å²) in [6, 6.07) is 11.8. The first-order valence-corrected chi connectivity index (χ1v) is 15.1. The van der Waals surface area contributed by atoms with Gasteiger partial charge >= 0.3 is 0 Å². The summed E-state index contributed by atoms with van der Waals surface area (Å²) in [6.45, 7) is 12.3. The van der Waals surface area contributed by atoms with Crippen LogP contribution in [0.2, 0.25) is 5.02 Å². The summed E-state index contributed by atoms with van der Waals surface area (Å²) in [7, 11) is 1.96. The summed E-state index contributed by atoms with van der Waals surface area (Å²) in [5.41, 5.74) is 4.48. The molecular weight excluding hydrogens is 536 g/mol. The first-order chi connectivity index (χ1) is 19.4. The van der Waals surface area contributed by atoms with Crippen molar-refractivity contribution < 1.29 is 0 Å². The van der Waals surface area contributed by atoms with E-state index in [1.54, 1.807) is 6.08 Å². The molecule has 208 valence electrons. The van der Waals surface area contributed by atoms with Crippen molar-refractivity contribution >= 4 is 34.9 Å². The second-order valence-corrected chi connectivity index (χ2v) is 12.2. The van der Waals surface area contributed by atoms with E-state index in [0.29, 0.717) is 16.1 Å². The topological polar surface area (TPSA) is 58.3 Å². The number of piperidine rings is 1. The van der Waals surface area contributed by atoms with E-state index in [0.717, 1.165) is 51.3 Å². The van der Waals surface area contributed by atoms with Crippen LogP contribution in [-0.2, 0) is 7.05 Å². The van der Waals surface area contributed by atoms with Gasteiger partial charge in [0.1, 0.15) is 16.3 Å². The van der Waals surface area contributed by atoms with Crippen molar-refractivity contribution in [1.82, 2.24) is 14.5 Å². The van der Waals surface area contributed by atoms with E-state index < -0.39 is 0 Å². The molecule has 3 heterocycles. The van der Waals surface area contributed by atoms with E-state index in [1.807, 2.05) is 73.5 Å². The molecule has 0 atom stereocenters. The maximum absolute atomic E-state index is 6.84. The van der Waals surface area contributed by atoms with Crippen LogP contribution in [0, 0.1) is 5.41 Å². The van der Waals surface area contributed by atoms with Crippen LogP contribution in [-0.4, -0.2) is 27.6 Å². The number of halogens is 1. The molecule has 40 heavy (non-hydrogen) atoms. The molecule has 8 heteroatoms. The zero-order chi connectivity index (χ0) is 28.1. The highest BCUT2D eigenvalue weighted by Crippen LogP contribution is 2.46. The van der Waals surface area contributed by atoms with E-state index in [1.165, 1.54) is 50.3 Å². The highest BCUT2D eigenvalue weighted by Gasteiger charge is 2.37. The number of aromatic nitrogens is 3. The number of aryl methyl sites for hydroxylation is 1. The van der Waals surface area contributed by atoms with Crippen molar-refractivity contribution in [3.05, 3.63) is 102 Å². The van der Waals surface area contributed by atoms with Gasteiger partial charge in [-0.3, -0.25) is 0 Å². The molecule has 1 saturated heterocycles. The number of pyridine rings is 1. The lowest BCUT2D eigenvalue weighted by molar-refractivity contribution is 0.226. The lowest BCUT2D eigenvalue weighted by Crippen LogP contribution is -2.39. The van der Waals surface area contributed by atoms with Gasteiger partial charge in [0, 0.05) is 48.2 Å². The van der Waals surface area contributed by atoms with Crippen LogP contribution < -0.4 is 15.7 Å². The number of benzene rings is 1. The number of allylic oxidation sites excluding steroid dienone is 2. The predicted molar refractivity (Wildman–Crippen MR) is 167 cm³/mol. The van der Waals surface area contributed by atoms with Crippen LogP contribution in [0.4, 0.5) is 11.5 Å². The lowest BCUT2D eigenvalue weighted by atomic mass is 9.77. The fourth-order valence-corrected chi connectivity index (χ4v) is 6.81.